The third-order valence-corrected chi connectivity index (χ3v) is 2.03. The van der Waals surface area contributed by atoms with Crippen LogP contribution in [0.3, 0.4) is 0 Å². The van der Waals surface area contributed by atoms with E-state index in [9.17, 15) is 0 Å². The normalized spacial score (nSPS) is 8.94. The Hall–Kier alpha value is -2.07. The first-order valence-electron chi connectivity index (χ1n) is 4.91. The Morgan fingerprint density at radius 3 is 2.29 bits per heavy atom. The van der Waals surface area contributed by atoms with Crippen LogP contribution in [0, 0.1) is 0 Å². The monoisotopic (exact) mass is 248 g/mol. The van der Waals surface area contributed by atoms with E-state index in [1.54, 1.807) is 12.4 Å². The molecule has 0 aliphatic carbocycles. The summed E-state index contributed by atoms with van der Waals surface area (Å²) in [6, 6.07) is 12.1. The van der Waals surface area contributed by atoms with Gasteiger partial charge in [0.15, 0.2) is 5.95 Å². The van der Waals surface area contributed by atoms with Crippen LogP contribution in [0.15, 0.2) is 55.0 Å². The van der Waals surface area contributed by atoms with E-state index in [1.165, 1.54) is 5.39 Å². The number of fused-ring (bicyclic) bond motifs is 1. The van der Waals surface area contributed by atoms with Crippen LogP contribution in [0.2, 0.25) is 0 Å². The summed E-state index contributed by atoms with van der Waals surface area (Å²) >= 11 is 0. The first kappa shape index (κ1) is 13.0. The van der Waals surface area contributed by atoms with Gasteiger partial charge in [-0.25, -0.2) is 4.98 Å². The quantitative estimate of drug-likeness (QED) is 0.643. The van der Waals surface area contributed by atoms with E-state index >= 15 is 0 Å². The molecule has 0 fully saturated rings. The molecule has 0 aliphatic rings. The molecule has 0 amide bonds. The average Bonchev–Trinajstić information content (AvgIpc) is 2.81. The molecule has 0 aliphatic heterocycles. The SMILES string of the molecule is Cl.Nc1ncc[nH]1.c1ccc2ncccc2c1. The summed E-state index contributed by atoms with van der Waals surface area (Å²) in [4.78, 5) is 10.5. The van der Waals surface area contributed by atoms with Gasteiger partial charge in [-0.1, -0.05) is 24.3 Å². The Bertz CT molecular complexity index is 486. The number of rotatable bonds is 0. The molecule has 0 spiro atoms. The molecule has 0 radical (unpaired) electrons. The summed E-state index contributed by atoms with van der Waals surface area (Å²) in [6.07, 6.45) is 5.09. The molecule has 2 heterocycles. The molecule has 88 valence electrons. The third-order valence-electron chi connectivity index (χ3n) is 2.03. The molecule has 3 N–H and O–H groups in total. The number of nitrogens with one attached hydrogen (secondary N) is 1. The van der Waals surface area contributed by atoms with E-state index in [-0.39, 0.29) is 12.4 Å². The van der Waals surface area contributed by atoms with E-state index in [2.05, 4.69) is 27.1 Å². The van der Waals surface area contributed by atoms with Gasteiger partial charge in [0.2, 0.25) is 0 Å². The van der Waals surface area contributed by atoms with E-state index in [0.717, 1.165) is 5.52 Å². The van der Waals surface area contributed by atoms with E-state index < -0.39 is 0 Å². The Morgan fingerprint density at radius 1 is 0.941 bits per heavy atom. The Morgan fingerprint density at radius 2 is 1.71 bits per heavy atom. The standard InChI is InChI=1S/C9H7N.C3H5N3.ClH/c1-2-6-9-8(4-1)5-3-7-10-9;4-3-5-1-2-6-3;/h1-7H;1-2H,(H3,4,5,6);1H. The minimum Gasteiger partial charge on any atom is -0.369 e. The number of benzene rings is 1. The molecule has 0 bridgehead atoms. The Kier molecular flexibility index (Phi) is 4.97. The number of nitrogens with two attached hydrogens (primary N) is 1. The molecule has 0 saturated heterocycles. The van der Waals surface area contributed by atoms with Crippen molar-refractivity contribution >= 4 is 29.3 Å². The van der Waals surface area contributed by atoms with Gasteiger partial charge in [0.1, 0.15) is 0 Å². The molecular weight excluding hydrogens is 236 g/mol. The Labute approximate surface area is 105 Å². The van der Waals surface area contributed by atoms with E-state index in [4.69, 9.17) is 5.73 Å². The second-order valence-corrected chi connectivity index (χ2v) is 3.17. The summed E-state index contributed by atoms with van der Waals surface area (Å²) in [6.45, 7) is 0. The minimum absolute atomic E-state index is 0. The lowest BCUT2D eigenvalue weighted by Gasteiger charge is -1.91. The van der Waals surface area contributed by atoms with Crippen LogP contribution < -0.4 is 5.73 Å². The van der Waals surface area contributed by atoms with Crippen molar-refractivity contribution in [2.45, 2.75) is 0 Å². The number of halogens is 1. The molecule has 0 atom stereocenters. The van der Waals surface area contributed by atoms with Crippen LogP contribution in [0.1, 0.15) is 0 Å². The highest BCUT2D eigenvalue weighted by Gasteiger charge is 1.86. The minimum atomic E-state index is 0. The van der Waals surface area contributed by atoms with Crippen molar-refractivity contribution in [1.82, 2.24) is 15.0 Å². The number of hydrogen-bond donors (Lipinski definition) is 2. The predicted molar refractivity (Wildman–Crippen MR) is 72.0 cm³/mol. The summed E-state index contributed by atoms with van der Waals surface area (Å²) in [5.74, 6) is 0.468. The molecule has 5 heteroatoms. The maximum atomic E-state index is 5.11. The van der Waals surface area contributed by atoms with Gasteiger partial charge < -0.3 is 10.7 Å². The zero-order valence-corrected chi connectivity index (χ0v) is 9.89. The first-order valence-corrected chi connectivity index (χ1v) is 4.91. The fraction of sp³-hybridized carbons (Fsp3) is 0. The van der Waals surface area contributed by atoms with Gasteiger partial charge in [-0.05, 0) is 12.1 Å². The second kappa shape index (κ2) is 6.50. The summed E-state index contributed by atoms with van der Waals surface area (Å²) in [5.41, 5.74) is 6.17. The zero-order chi connectivity index (χ0) is 11.2. The van der Waals surface area contributed by atoms with Gasteiger partial charge in [-0.15, -0.1) is 12.4 Å². The molecule has 17 heavy (non-hydrogen) atoms. The van der Waals surface area contributed by atoms with Crippen LogP contribution in [-0.4, -0.2) is 15.0 Å². The van der Waals surface area contributed by atoms with Gasteiger partial charge in [-0.3, -0.25) is 4.98 Å². The lowest BCUT2D eigenvalue weighted by molar-refractivity contribution is 1.33. The van der Waals surface area contributed by atoms with E-state index in [0.29, 0.717) is 5.95 Å². The average molecular weight is 249 g/mol. The number of pyridine rings is 1. The molecule has 2 aromatic heterocycles. The van der Waals surface area contributed by atoms with Gasteiger partial charge in [0.25, 0.3) is 0 Å². The molecule has 3 rings (SSSR count). The highest BCUT2D eigenvalue weighted by atomic mass is 35.5. The number of nitrogens with zero attached hydrogens (tertiary/aromatic N) is 2. The van der Waals surface area contributed by atoms with Gasteiger partial charge in [0.05, 0.1) is 5.52 Å². The molecule has 0 saturated carbocycles. The highest BCUT2D eigenvalue weighted by Crippen LogP contribution is 2.07. The van der Waals surface area contributed by atoms with Crippen molar-refractivity contribution in [2.75, 3.05) is 5.73 Å². The fourth-order valence-corrected chi connectivity index (χ4v) is 1.29. The number of hydrogen-bond acceptors (Lipinski definition) is 3. The molecule has 3 aromatic rings. The first-order chi connectivity index (χ1) is 7.86. The van der Waals surface area contributed by atoms with Crippen molar-refractivity contribution < 1.29 is 0 Å². The zero-order valence-electron chi connectivity index (χ0n) is 9.08. The summed E-state index contributed by atoms with van der Waals surface area (Å²) in [7, 11) is 0. The molecule has 0 unspecified atom stereocenters. The largest absolute Gasteiger partial charge is 0.369 e. The Balaban J connectivity index is 0.000000180. The number of nitrogen functional groups attached to an aromatic ring is 1. The van der Waals surface area contributed by atoms with Gasteiger partial charge in [-0.2, -0.15) is 0 Å². The van der Waals surface area contributed by atoms with Gasteiger partial charge >= 0.3 is 0 Å². The van der Waals surface area contributed by atoms with Crippen LogP contribution >= 0.6 is 12.4 Å². The third kappa shape index (κ3) is 3.77. The maximum Gasteiger partial charge on any atom is 0.197 e. The smallest absolute Gasteiger partial charge is 0.197 e. The number of anilines is 1. The van der Waals surface area contributed by atoms with Crippen LogP contribution in [-0.2, 0) is 0 Å². The fourth-order valence-electron chi connectivity index (χ4n) is 1.29. The predicted octanol–water partition coefficient (Wildman–Crippen LogP) is 2.65. The number of H-pyrrole nitrogens is 1. The van der Waals surface area contributed by atoms with Crippen molar-refractivity contribution in [3.05, 3.63) is 55.0 Å². The number of aromatic nitrogens is 3. The van der Waals surface area contributed by atoms with Crippen molar-refractivity contribution in [3.63, 3.8) is 0 Å². The molecule has 1 aromatic carbocycles. The van der Waals surface area contributed by atoms with Crippen molar-refractivity contribution in [1.29, 1.82) is 0 Å². The lowest BCUT2D eigenvalue weighted by atomic mass is 10.2. The van der Waals surface area contributed by atoms with Crippen LogP contribution in [0.5, 0.6) is 0 Å². The number of para-hydroxylation sites is 1. The number of aromatic amines is 1. The van der Waals surface area contributed by atoms with Crippen molar-refractivity contribution in [2.24, 2.45) is 0 Å². The summed E-state index contributed by atoms with van der Waals surface area (Å²) < 4.78 is 0. The van der Waals surface area contributed by atoms with E-state index in [1.807, 2.05) is 30.5 Å². The molecular formula is C12H13ClN4. The van der Waals surface area contributed by atoms with Gasteiger partial charge in [0, 0.05) is 24.0 Å². The maximum absolute atomic E-state index is 5.11. The second-order valence-electron chi connectivity index (χ2n) is 3.17. The van der Waals surface area contributed by atoms with Crippen molar-refractivity contribution in [3.8, 4) is 0 Å². The topological polar surface area (TPSA) is 67.6 Å². The van der Waals surface area contributed by atoms with Crippen LogP contribution in [0.4, 0.5) is 5.95 Å². The highest BCUT2D eigenvalue weighted by molar-refractivity contribution is 5.85. The molecule has 4 nitrogen and oxygen atoms in total. The summed E-state index contributed by atoms with van der Waals surface area (Å²) in [5, 5.41) is 1.20. The van der Waals surface area contributed by atoms with Crippen LogP contribution in [0.25, 0.3) is 10.9 Å². The lowest BCUT2D eigenvalue weighted by Crippen LogP contribution is -1.83. The number of imidazole rings is 1.